The second-order valence-electron chi connectivity index (χ2n) is 3.34. The fraction of sp³-hybridized carbons (Fsp3) is 0.667. The maximum absolute atomic E-state index is 10.7. The molecule has 1 atom stereocenters. The van der Waals surface area contributed by atoms with Gasteiger partial charge >= 0.3 is 6.16 Å². The molecule has 5 nitrogen and oxygen atoms in total. The highest BCUT2D eigenvalue weighted by molar-refractivity contribution is 5.61. The van der Waals surface area contributed by atoms with E-state index in [-0.39, 0.29) is 5.76 Å². The minimum absolute atomic E-state index is 0.197. The van der Waals surface area contributed by atoms with E-state index in [2.05, 4.69) is 11.3 Å². The standard InChI is InChI=1S/C9H14O5/c1-6(13-8(10)11-4)7-5-12-9(2,3)14-7/h7H,1,5H2,2-4H3/t7-/m0/s1. The van der Waals surface area contributed by atoms with Crippen molar-refractivity contribution in [2.45, 2.75) is 25.7 Å². The summed E-state index contributed by atoms with van der Waals surface area (Å²) < 4.78 is 19.7. The van der Waals surface area contributed by atoms with E-state index in [0.717, 1.165) is 0 Å². The summed E-state index contributed by atoms with van der Waals surface area (Å²) in [6, 6.07) is 0. The molecular formula is C9H14O5. The quantitative estimate of drug-likeness (QED) is 0.501. The lowest BCUT2D eigenvalue weighted by Crippen LogP contribution is -2.23. The van der Waals surface area contributed by atoms with Gasteiger partial charge < -0.3 is 18.9 Å². The molecule has 0 aromatic rings. The summed E-state index contributed by atoms with van der Waals surface area (Å²) in [5.41, 5.74) is 0. The first-order valence-corrected chi connectivity index (χ1v) is 4.21. The molecule has 0 saturated carbocycles. The summed E-state index contributed by atoms with van der Waals surface area (Å²) >= 11 is 0. The molecule has 1 aliphatic heterocycles. The molecule has 0 aromatic carbocycles. The molecule has 5 heteroatoms. The molecule has 0 radical (unpaired) electrons. The highest BCUT2D eigenvalue weighted by Crippen LogP contribution is 2.26. The Bertz CT molecular complexity index is 246. The second-order valence-corrected chi connectivity index (χ2v) is 3.34. The Morgan fingerprint density at radius 3 is 2.64 bits per heavy atom. The average Bonchev–Trinajstić information content (AvgIpc) is 2.46. The smallest absolute Gasteiger partial charge is 0.437 e. The third-order valence-corrected chi connectivity index (χ3v) is 1.75. The van der Waals surface area contributed by atoms with E-state index in [4.69, 9.17) is 14.2 Å². The van der Waals surface area contributed by atoms with Gasteiger partial charge in [0.2, 0.25) is 0 Å². The molecule has 14 heavy (non-hydrogen) atoms. The van der Waals surface area contributed by atoms with Crippen molar-refractivity contribution in [2.75, 3.05) is 13.7 Å². The van der Waals surface area contributed by atoms with Crippen LogP contribution in [-0.2, 0) is 18.9 Å². The Labute approximate surface area is 82.6 Å². The first kappa shape index (κ1) is 11.0. The zero-order chi connectivity index (χ0) is 10.8. The molecule has 0 bridgehead atoms. The lowest BCUT2D eigenvalue weighted by atomic mass is 10.3. The first-order chi connectivity index (χ1) is 6.44. The van der Waals surface area contributed by atoms with Crippen LogP contribution in [0, 0.1) is 0 Å². The topological polar surface area (TPSA) is 54.0 Å². The van der Waals surface area contributed by atoms with Gasteiger partial charge in [0.25, 0.3) is 0 Å². The summed E-state index contributed by atoms with van der Waals surface area (Å²) in [5, 5.41) is 0. The van der Waals surface area contributed by atoms with E-state index in [9.17, 15) is 4.79 Å². The monoisotopic (exact) mass is 202 g/mol. The second kappa shape index (κ2) is 3.98. The van der Waals surface area contributed by atoms with Crippen LogP contribution in [0.15, 0.2) is 12.3 Å². The van der Waals surface area contributed by atoms with E-state index in [1.165, 1.54) is 7.11 Å². The summed E-state index contributed by atoms with van der Waals surface area (Å²) in [6.45, 7) is 7.44. The van der Waals surface area contributed by atoms with Crippen LogP contribution in [-0.4, -0.2) is 31.8 Å². The Morgan fingerprint density at radius 1 is 1.57 bits per heavy atom. The summed E-state index contributed by atoms with van der Waals surface area (Å²) in [6.07, 6.45) is -1.23. The van der Waals surface area contributed by atoms with Crippen molar-refractivity contribution in [3.05, 3.63) is 12.3 Å². The van der Waals surface area contributed by atoms with E-state index in [1.807, 2.05) is 0 Å². The van der Waals surface area contributed by atoms with E-state index < -0.39 is 18.0 Å². The van der Waals surface area contributed by atoms with Gasteiger partial charge in [-0.05, 0) is 13.8 Å². The van der Waals surface area contributed by atoms with Crippen LogP contribution >= 0.6 is 0 Å². The number of carbonyl (C=O) groups excluding carboxylic acids is 1. The molecule has 1 fully saturated rings. The largest absolute Gasteiger partial charge is 0.513 e. The van der Waals surface area contributed by atoms with E-state index >= 15 is 0 Å². The van der Waals surface area contributed by atoms with Crippen LogP contribution in [0.25, 0.3) is 0 Å². The fourth-order valence-electron chi connectivity index (χ4n) is 1.06. The number of ether oxygens (including phenoxy) is 4. The maximum atomic E-state index is 10.7. The normalized spacial score (nSPS) is 24.4. The number of rotatable bonds is 2. The third kappa shape index (κ3) is 2.71. The maximum Gasteiger partial charge on any atom is 0.513 e. The summed E-state index contributed by atoms with van der Waals surface area (Å²) in [5.74, 6) is -0.463. The number of methoxy groups -OCH3 is 1. The van der Waals surface area contributed by atoms with Gasteiger partial charge in [-0.1, -0.05) is 6.58 Å². The predicted molar refractivity (Wildman–Crippen MR) is 47.5 cm³/mol. The molecular weight excluding hydrogens is 188 g/mol. The van der Waals surface area contributed by atoms with Crippen molar-refractivity contribution in [3.63, 3.8) is 0 Å². The van der Waals surface area contributed by atoms with Crippen molar-refractivity contribution in [3.8, 4) is 0 Å². The van der Waals surface area contributed by atoms with Crippen molar-refractivity contribution in [1.82, 2.24) is 0 Å². The molecule has 1 rings (SSSR count). The molecule has 80 valence electrons. The van der Waals surface area contributed by atoms with Gasteiger partial charge in [0.15, 0.2) is 5.79 Å². The molecule has 0 amide bonds. The van der Waals surface area contributed by atoms with Gasteiger partial charge in [-0.3, -0.25) is 0 Å². The van der Waals surface area contributed by atoms with Crippen LogP contribution in [0.1, 0.15) is 13.8 Å². The molecule has 1 heterocycles. The summed E-state index contributed by atoms with van der Waals surface area (Å²) in [4.78, 5) is 10.7. The first-order valence-electron chi connectivity index (χ1n) is 4.21. The van der Waals surface area contributed by atoms with Gasteiger partial charge in [-0.2, -0.15) is 0 Å². The van der Waals surface area contributed by atoms with E-state index in [0.29, 0.717) is 6.61 Å². The van der Waals surface area contributed by atoms with Gasteiger partial charge in [0, 0.05) is 0 Å². The van der Waals surface area contributed by atoms with Gasteiger partial charge in [0.05, 0.1) is 13.7 Å². The third-order valence-electron chi connectivity index (χ3n) is 1.75. The highest BCUT2D eigenvalue weighted by Gasteiger charge is 2.35. The highest BCUT2D eigenvalue weighted by atomic mass is 16.8. The Morgan fingerprint density at radius 2 is 2.21 bits per heavy atom. The zero-order valence-corrected chi connectivity index (χ0v) is 8.53. The van der Waals surface area contributed by atoms with Gasteiger partial charge in [-0.15, -0.1) is 0 Å². The zero-order valence-electron chi connectivity index (χ0n) is 8.53. The fourth-order valence-corrected chi connectivity index (χ4v) is 1.06. The minimum Gasteiger partial charge on any atom is -0.437 e. The Kier molecular flexibility index (Phi) is 3.13. The molecule has 0 unspecified atom stereocenters. The van der Waals surface area contributed by atoms with Crippen LogP contribution in [0.5, 0.6) is 0 Å². The van der Waals surface area contributed by atoms with Crippen LogP contribution in [0.3, 0.4) is 0 Å². The lowest BCUT2D eigenvalue weighted by Gasteiger charge is -2.17. The molecule has 1 aliphatic rings. The van der Waals surface area contributed by atoms with Gasteiger partial charge in [0.1, 0.15) is 11.9 Å². The average molecular weight is 202 g/mol. The molecule has 1 saturated heterocycles. The number of hydrogen-bond acceptors (Lipinski definition) is 5. The van der Waals surface area contributed by atoms with Crippen molar-refractivity contribution in [1.29, 1.82) is 0 Å². The van der Waals surface area contributed by atoms with Crippen molar-refractivity contribution < 1.29 is 23.7 Å². The van der Waals surface area contributed by atoms with Gasteiger partial charge in [-0.25, -0.2) is 4.79 Å². The van der Waals surface area contributed by atoms with E-state index in [1.54, 1.807) is 13.8 Å². The van der Waals surface area contributed by atoms with Crippen LogP contribution in [0.4, 0.5) is 4.79 Å². The molecule has 0 spiro atoms. The minimum atomic E-state index is -0.802. The SMILES string of the molecule is C=C(OC(=O)OC)[C@@H]1COC(C)(C)O1. The molecule has 0 aromatic heterocycles. The molecule has 0 N–H and O–H groups in total. The van der Waals surface area contributed by atoms with Crippen LogP contribution in [0.2, 0.25) is 0 Å². The predicted octanol–water partition coefficient (Wildman–Crippen LogP) is 1.43. The summed E-state index contributed by atoms with van der Waals surface area (Å²) in [7, 11) is 1.23. The lowest BCUT2D eigenvalue weighted by molar-refractivity contribution is -0.137. The van der Waals surface area contributed by atoms with Crippen LogP contribution < -0.4 is 0 Å². The van der Waals surface area contributed by atoms with Crippen molar-refractivity contribution >= 4 is 6.16 Å². The number of hydrogen-bond donors (Lipinski definition) is 0. The van der Waals surface area contributed by atoms with Crippen molar-refractivity contribution in [2.24, 2.45) is 0 Å². The number of carbonyl (C=O) groups is 1. The Balaban J connectivity index is 2.44. The Hall–Kier alpha value is -1.07. The molecule has 0 aliphatic carbocycles.